The molecular weight excluding hydrogens is 350 g/mol. The Morgan fingerprint density at radius 2 is 2.11 bits per heavy atom. The lowest BCUT2D eigenvalue weighted by Gasteiger charge is -2.39. The third kappa shape index (κ3) is 3.41. The molecule has 0 aliphatic carbocycles. The fraction of sp³-hybridized carbons (Fsp3) is 0.579. The van der Waals surface area contributed by atoms with Crippen LogP contribution in [0.1, 0.15) is 19.3 Å². The number of ether oxygens (including phenoxy) is 3. The molecule has 1 atom stereocenters. The van der Waals surface area contributed by atoms with Crippen molar-refractivity contribution in [3.8, 4) is 11.5 Å². The van der Waals surface area contributed by atoms with Crippen molar-refractivity contribution < 1.29 is 23.8 Å². The maximum absolute atomic E-state index is 13.0. The first kappa shape index (κ1) is 17.9. The van der Waals surface area contributed by atoms with Crippen molar-refractivity contribution in [2.24, 2.45) is 5.41 Å². The van der Waals surface area contributed by atoms with Gasteiger partial charge in [0, 0.05) is 45.0 Å². The molecule has 1 aromatic rings. The van der Waals surface area contributed by atoms with E-state index in [0.717, 1.165) is 19.4 Å². The zero-order chi connectivity index (χ0) is 18.9. The molecule has 2 saturated heterocycles. The van der Waals surface area contributed by atoms with Crippen LogP contribution in [-0.2, 0) is 9.53 Å². The van der Waals surface area contributed by atoms with Crippen LogP contribution < -0.4 is 14.8 Å². The Labute approximate surface area is 158 Å². The number of urea groups is 1. The summed E-state index contributed by atoms with van der Waals surface area (Å²) in [6.45, 7) is 3.17. The number of rotatable bonds is 4. The van der Waals surface area contributed by atoms with E-state index in [4.69, 9.17) is 14.2 Å². The number of likely N-dealkylation sites (tertiary alicyclic amines) is 2. The van der Waals surface area contributed by atoms with Crippen molar-refractivity contribution in [1.82, 2.24) is 9.80 Å². The lowest BCUT2D eigenvalue weighted by Crippen LogP contribution is -2.51. The van der Waals surface area contributed by atoms with E-state index < -0.39 is 5.41 Å². The van der Waals surface area contributed by atoms with Gasteiger partial charge in [-0.15, -0.1) is 0 Å². The van der Waals surface area contributed by atoms with E-state index in [1.54, 1.807) is 30.2 Å². The van der Waals surface area contributed by atoms with Gasteiger partial charge in [0.2, 0.25) is 12.7 Å². The fourth-order valence-electron chi connectivity index (χ4n) is 4.17. The molecule has 8 heteroatoms. The van der Waals surface area contributed by atoms with Crippen LogP contribution in [0.25, 0.3) is 0 Å². The van der Waals surface area contributed by atoms with Gasteiger partial charge in [0.25, 0.3) is 0 Å². The first-order valence-corrected chi connectivity index (χ1v) is 9.35. The van der Waals surface area contributed by atoms with Crippen molar-refractivity contribution in [3.05, 3.63) is 18.2 Å². The number of carbonyl (C=O) groups is 2. The third-order valence-corrected chi connectivity index (χ3v) is 5.65. The lowest BCUT2D eigenvalue weighted by molar-refractivity contribution is -0.146. The zero-order valence-electron chi connectivity index (χ0n) is 15.5. The van der Waals surface area contributed by atoms with Crippen molar-refractivity contribution in [2.75, 3.05) is 52.0 Å². The minimum atomic E-state index is -0.446. The number of methoxy groups -OCH3 is 1. The number of hydrogen-bond donors (Lipinski definition) is 1. The summed E-state index contributed by atoms with van der Waals surface area (Å²) in [6, 6.07) is 5.13. The Balaban J connectivity index is 1.39. The van der Waals surface area contributed by atoms with Gasteiger partial charge in [-0.2, -0.15) is 0 Å². The molecule has 3 aliphatic heterocycles. The summed E-state index contributed by atoms with van der Waals surface area (Å²) in [5.41, 5.74) is 0.208. The fourth-order valence-corrected chi connectivity index (χ4v) is 4.17. The average molecular weight is 375 g/mol. The molecule has 0 saturated carbocycles. The molecule has 1 N–H and O–H groups in total. The summed E-state index contributed by atoms with van der Waals surface area (Å²) in [5.74, 6) is 1.46. The highest BCUT2D eigenvalue weighted by molar-refractivity contribution is 5.91. The maximum Gasteiger partial charge on any atom is 0.321 e. The van der Waals surface area contributed by atoms with Gasteiger partial charge in [-0.05, 0) is 31.4 Å². The lowest BCUT2D eigenvalue weighted by atomic mass is 9.78. The van der Waals surface area contributed by atoms with Crippen molar-refractivity contribution in [3.63, 3.8) is 0 Å². The number of piperidine rings is 1. The molecule has 1 aromatic carbocycles. The van der Waals surface area contributed by atoms with E-state index in [9.17, 15) is 9.59 Å². The van der Waals surface area contributed by atoms with Gasteiger partial charge in [0.1, 0.15) is 0 Å². The molecule has 4 rings (SSSR count). The van der Waals surface area contributed by atoms with Crippen LogP contribution in [0.15, 0.2) is 18.2 Å². The molecule has 0 bridgehead atoms. The highest BCUT2D eigenvalue weighted by atomic mass is 16.7. The zero-order valence-corrected chi connectivity index (χ0v) is 15.5. The smallest absolute Gasteiger partial charge is 0.321 e. The molecule has 27 heavy (non-hydrogen) atoms. The van der Waals surface area contributed by atoms with E-state index in [1.165, 1.54) is 0 Å². The SMILES string of the molecule is COCCN1CCCC2(CCN(C(=O)Nc3ccc4c(c3)OCO4)C2)C1=O. The van der Waals surface area contributed by atoms with E-state index in [-0.39, 0.29) is 18.7 Å². The summed E-state index contributed by atoms with van der Waals surface area (Å²) >= 11 is 0. The highest BCUT2D eigenvalue weighted by Gasteiger charge is 2.49. The van der Waals surface area contributed by atoms with Crippen LogP contribution >= 0.6 is 0 Å². The first-order valence-electron chi connectivity index (χ1n) is 9.35. The van der Waals surface area contributed by atoms with E-state index >= 15 is 0 Å². The largest absolute Gasteiger partial charge is 0.454 e. The number of anilines is 1. The molecule has 146 valence electrons. The molecule has 8 nitrogen and oxygen atoms in total. The van der Waals surface area contributed by atoms with Gasteiger partial charge < -0.3 is 29.3 Å². The minimum absolute atomic E-state index is 0.157. The van der Waals surface area contributed by atoms with Crippen LogP contribution in [0.4, 0.5) is 10.5 Å². The summed E-state index contributed by atoms with van der Waals surface area (Å²) in [5, 5.41) is 2.90. The Bertz CT molecular complexity index is 740. The number of benzene rings is 1. The third-order valence-electron chi connectivity index (χ3n) is 5.65. The minimum Gasteiger partial charge on any atom is -0.454 e. The highest BCUT2D eigenvalue weighted by Crippen LogP contribution is 2.40. The van der Waals surface area contributed by atoms with Gasteiger partial charge in [0.05, 0.1) is 12.0 Å². The van der Waals surface area contributed by atoms with Crippen molar-refractivity contribution in [1.29, 1.82) is 0 Å². The van der Waals surface area contributed by atoms with Gasteiger partial charge in [-0.1, -0.05) is 0 Å². The maximum atomic E-state index is 13.0. The summed E-state index contributed by atoms with van der Waals surface area (Å²) in [4.78, 5) is 29.3. The molecule has 3 heterocycles. The van der Waals surface area contributed by atoms with Crippen LogP contribution in [0.5, 0.6) is 11.5 Å². The number of nitrogens with one attached hydrogen (secondary N) is 1. The normalized spacial score (nSPS) is 24.0. The molecule has 3 aliphatic rings. The second-order valence-electron chi connectivity index (χ2n) is 7.34. The van der Waals surface area contributed by atoms with Crippen molar-refractivity contribution in [2.45, 2.75) is 19.3 Å². The van der Waals surface area contributed by atoms with Gasteiger partial charge in [0.15, 0.2) is 11.5 Å². The standard InChI is InChI=1S/C19H25N3O5/c1-25-10-9-21-7-2-5-19(17(21)23)6-8-22(12-19)18(24)20-14-3-4-15-16(11-14)27-13-26-15/h3-4,11H,2,5-10,12-13H2,1H3,(H,20,24). The van der Waals surface area contributed by atoms with E-state index in [1.807, 2.05) is 4.90 Å². The molecule has 1 spiro atoms. The summed E-state index contributed by atoms with van der Waals surface area (Å²) in [6.07, 6.45) is 2.51. The molecule has 1 unspecified atom stereocenters. The summed E-state index contributed by atoms with van der Waals surface area (Å²) in [7, 11) is 1.64. The average Bonchev–Trinajstić information content (AvgIpc) is 3.30. The second-order valence-corrected chi connectivity index (χ2v) is 7.34. The molecule has 2 fully saturated rings. The number of nitrogens with zero attached hydrogens (tertiary/aromatic N) is 2. The Kier molecular flexibility index (Phi) is 4.82. The quantitative estimate of drug-likeness (QED) is 0.870. The van der Waals surface area contributed by atoms with Crippen LogP contribution in [0.2, 0.25) is 0 Å². The van der Waals surface area contributed by atoms with Gasteiger partial charge in [-0.25, -0.2) is 4.79 Å². The van der Waals surface area contributed by atoms with Gasteiger partial charge in [-0.3, -0.25) is 4.79 Å². The predicted molar refractivity (Wildman–Crippen MR) is 97.9 cm³/mol. The van der Waals surface area contributed by atoms with E-state index in [0.29, 0.717) is 49.8 Å². The number of fused-ring (bicyclic) bond motifs is 1. The molecule has 3 amide bonds. The molecule has 0 aromatic heterocycles. The monoisotopic (exact) mass is 375 g/mol. The summed E-state index contributed by atoms with van der Waals surface area (Å²) < 4.78 is 15.7. The van der Waals surface area contributed by atoms with Gasteiger partial charge >= 0.3 is 6.03 Å². The van der Waals surface area contributed by atoms with Crippen LogP contribution in [0.3, 0.4) is 0 Å². The van der Waals surface area contributed by atoms with Crippen LogP contribution in [-0.4, -0.2) is 68.4 Å². The number of amides is 3. The number of hydrogen-bond acceptors (Lipinski definition) is 5. The second kappa shape index (κ2) is 7.26. The van der Waals surface area contributed by atoms with Crippen LogP contribution in [0, 0.1) is 5.41 Å². The molecule has 0 radical (unpaired) electrons. The van der Waals surface area contributed by atoms with Crippen molar-refractivity contribution >= 4 is 17.6 Å². The Morgan fingerprint density at radius 1 is 1.26 bits per heavy atom. The predicted octanol–water partition coefficient (Wildman–Crippen LogP) is 1.91. The molecular formula is C19H25N3O5. The Hall–Kier alpha value is -2.48. The number of carbonyl (C=O) groups excluding carboxylic acids is 2. The Morgan fingerprint density at radius 3 is 2.96 bits per heavy atom. The first-order chi connectivity index (χ1) is 13.1. The van der Waals surface area contributed by atoms with E-state index in [2.05, 4.69) is 5.32 Å². The topological polar surface area (TPSA) is 80.3 Å².